The van der Waals surface area contributed by atoms with Crippen LogP contribution in [-0.2, 0) is 10.3 Å². The molecule has 1 saturated carbocycles. The molecule has 4 atom stereocenters. The van der Waals surface area contributed by atoms with E-state index in [1.165, 1.54) is 17.0 Å². The SMILES string of the molecule is CN1C(=O)C2(N=C1N)c1cc(-c3cc(F)cc(Cl)c3)ccc1OC1CCC(O)CC12. The Kier molecular flexibility index (Phi) is 4.31. The van der Waals surface area contributed by atoms with E-state index in [1.807, 2.05) is 6.07 Å². The summed E-state index contributed by atoms with van der Waals surface area (Å²) >= 11 is 6.04. The average Bonchev–Trinajstić information content (AvgIpc) is 2.93. The number of amides is 1. The summed E-state index contributed by atoms with van der Waals surface area (Å²) in [5.41, 5.74) is 6.63. The van der Waals surface area contributed by atoms with E-state index >= 15 is 0 Å². The van der Waals surface area contributed by atoms with Crippen molar-refractivity contribution < 1.29 is 19.0 Å². The van der Waals surface area contributed by atoms with E-state index in [9.17, 15) is 14.3 Å². The average molecular weight is 430 g/mol. The lowest BCUT2D eigenvalue weighted by atomic mass is 9.66. The molecule has 1 aliphatic carbocycles. The van der Waals surface area contributed by atoms with Crippen molar-refractivity contribution in [3.63, 3.8) is 0 Å². The molecule has 2 heterocycles. The molecule has 4 unspecified atom stereocenters. The number of aliphatic hydroxyl groups excluding tert-OH is 1. The number of nitrogens with two attached hydrogens (primary N) is 1. The van der Waals surface area contributed by atoms with Gasteiger partial charge < -0.3 is 15.6 Å². The fraction of sp³-hybridized carbons (Fsp3) is 0.364. The number of likely N-dealkylation sites (N-methyl/N-ethyl adjacent to an activating group) is 1. The predicted molar refractivity (Wildman–Crippen MR) is 111 cm³/mol. The van der Waals surface area contributed by atoms with Crippen molar-refractivity contribution in [3.05, 3.63) is 52.8 Å². The first-order chi connectivity index (χ1) is 14.3. The van der Waals surface area contributed by atoms with Crippen LogP contribution in [0.25, 0.3) is 11.1 Å². The van der Waals surface area contributed by atoms with E-state index in [-0.39, 0.29) is 28.9 Å². The van der Waals surface area contributed by atoms with Gasteiger partial charge in [-0.3, -0.25) is 9.69 Å². The van der Waals surface area contributed by atoms with Crippen molar-refractivity contribution in [1.82, 2.24) is 4.90 Å². The van der Waals surface area contributed by atoms with Crippen LogP contribution in [0.15, 0.2) is 41.4 Å². The summed E-state index contributed by atoms with van der Waals surface area (Å²) in [7, 11) is 1.59. The van der Waals surface area contributed by atoms with Crippen LogP contribution in [0.5, 0.6) is 5.75 Å². The molecule has 2 aromatic rings. The number of carbonyl (C=O) groups excluding carboxylic acids is 1. The Morgan fingerprint density at radius 2 is 2.07 bits per heavy atom. The van der Waals surface area contributed by atoms with E-state index in [4.69, 9.17) is 22.1 Å². The van der Waals surface area contributed by atoms with Gasteiger partial charge in [0.15, 0.2) is 11.5 Å². The van der Waals surface area contributed by atoms with E-state index in [1.54, 1.807) is 25.2 Å². The number of fused-ring (bicyclic) bond motifs is 4. The van der Waals surface area contributed by atoms with Gasteiger partial charge in [-0.2, -0.15) is 0 Å². The summed E-state index contributed by atoms with van der Waals surface area (Å²) in [5.74, 6) is -0.361. The Morgan fingerprint density at radius 3 is 2.77 bits per heavy atom. The Bertz CT molecular complexity index is 1070. The van der Waals surface area contributed by atoms with E-state index in [0.29, 0.717) is 41.7 Å². The molecule has 2 aliphatic heterocycles. The molecule has 0 aromatic heterocycles. The van der Waals surface area contributed by atoms with E-state index in [0.717, 1.165) is 0 Å². The highest BCUT2D eigenvalue weighted by atomic mass is 35.5. The van der Waals surface area contributed by atoms with Gasteiger partial charge in [0.2, 0.25) is 0 Å². The van der Waals surface area contributed by atoms with Crippen LogP contribution in [0.1, 0.15) is 24.8 Å². The second-order valence-corrected chi connectivity index (χ2v) is 8.64. The zero-order valence-electron chi connectivity index (χ0n) is 16.3. The maximum absolute atomic E-state index is 13.9. The van der Waals surface area contributed by atoms with E-state index in [2.05, 4.69) is 4.99 Å². The van der Waals surface area contributed by atoms with Gasteiger partial charge in [-0.1, -0.05) is 17.7 Å². The van der Waals surface area contributed by atoms with Crippen molar-refractivity contribution in [3.8, 4) is 16.9 Å². The maximum Gasteiger partial charge on any atom is 0.262 e. The molecular formula is C22H21ClFN3O3. The highest BCUT2D eigenvalue weighted by Crippen LogP contribution is 2.53. The molecular weight excluding hydrogens is 409 g/mol. The van der Waals surface area contributed by atoms with Crippen LogP contribution < -0.4 is 10.5 Å². The minimum absolute atomic E-state index is 0.130. The van der Waals surface area contributed by atoms with Gasteiger partial charge >= 0.3 is 0 Å². The highest BCUT2D eigenvalue weighted by molar-refractivity contribution is 6.30. The topological polar surface area (TPSA) is 88.2 Å². The lowest BCUT2D eigenvalue weighted by Crippen LogP contribution is -2.55. The Labute approximate surface area is 178 Å². The van der Waals surface area contributed by atoms with Crippen LogP contribution in [0, 0.1) is 11.7 Å². The maximum atomic E-state index is 13.9. The molecule has 1 fully saturated rings. The molecule has 3 aliphatic rings. The third-order valence-electron chi connectivity index (χ3n) is 6.43. The van der Waals surface area contributed by atoms with Crippen LogP contribution in [0.2, 0.25) is 5.02 Å². The summed E-state index contributed by atoms with van der Waals surface area (Å²) in [4.78, 5) is 19.5. The number of guanidine groups is 1. The van der Waals surface area contributed by atoms with Gasteiger partial charge in [0.25, 0.3) is 5.91 Å². The van der Waals surface area contributed by atoms with Gasteiger partial charge in [-0.15, -0.1) is 0 Å². The molecule has 2 aromatic carbocycles. The number of aliphatic imine (C=N–C) groups is 1. The predicted octanol–water partition coefficient (Wildman–Crippen LogP) is 3.05. The van der Waals surface area contributed by atoms with Crippen molar-refractivity contribution in [1.29, 1.82) is 0 Å². The van der Waals surface area contributed by atoms with Gasteiger partial charge in [-0.05, 0) is 60.7 Å². The summed E-state index contributed by atoms with van der Waals surface area (Å²) in [6.07, 6.45) is 0.836. The minimum Gasteiger partial charge on any atom is -0.490 e. The molecule has 0 bridgehead atoms. The summed E-state index contributed by atoms with van der Waals surface area (Å²) in [6.45, 7) is 0. The lowest BCUT2D eigenvalue weighted by Gasteiger charge is -2.47. The first-order valence-corrected chi connectivity index (χ1v) is 10.3. The van der Waals surface area contributed by atoms with Crippen molar-refractivity contribution >= 4 is 23.5 Å². The van der Waals surface area contributed by atoms with Crippen LogP contribution in [0.4, 0.5) is 4.39 Å². The molecule has 1 spiro atoms. The molecule has 156 valence electrons. The van der Waals surface area contributed by atoms with Crippen LogP contribution in [0.3, 0.4) is 0 Å². The molecule has 3 N–H and O–H groups in total. The van der Waals surface area contributed by atoms with Crippen molar-refractivity contribution in [2.45, 2.75) is 37.0 Å². The number of ether oxygens (including phenoxy) is 1. The normalized spacial score (nSPS) is 30.0. The van der Waals surface area contributed by atoms with Crippen molar-refractivity contribution in [2.24, 2.45) is 16.6 Å². The van der Waals surface area contributed by atoms with Crippen LogP contribution >= 0.6 is 11.6 Å². The Balaban J connectivity index is 1.72. The Morgan fingerprint density at radius 1 is 1.27 bits per heavy atom. The highest BCUT2D eigenvalue weighted by Gasteiger charge is 2.60. The second kappa shape index (κ2) is 6.68. The first kappa shape index (κ1) is 19.3. The number of rotatable bonds is 1. The molecule has 5 rings (SSSR count). The third kappa shape index (κ3) is 2.72. The smallest absolute Gasteiger partial charge is 0.262 e. The van der Waals surface area contributed by atoms with Crippen LogP contribution in [-0.4, -0.2) is 41.1 Å². The number of halogens is 2. The monoisotopic (exact) mass is 429 g/mol. The first-order valence-electron chi connectivity index (χ1n) is 9.89. The second-order valence-electron chi connectivity index (χ2n) is 8.20. The largest absolute Gasteiger partial charge is 0.490 e. The number of benzene rings is 2. The summed E-state index contributed by atoms with van der Waals surface area (Å²) < 4.78 is 20.2. The third-order valence-corrected chi connectivity index (χ3v) is 6.64. The quantitative estimate of drug-likeness (QED) is 0.729. The van der Waals surface area contributed by atoms with Gasteiger partial charge in [-0.25, -0.2) is 9.38 Å². The number of aliphatic hydroxyl groups is 1. The molecule has 6 nitrogen and oxygen atoms in total. The zero-order chi connectivity index (χ0) is 21.2. The summed E-state index contributed by atoms with van der Waals surface area (Å²) in [6, 6.07) is 9.68. The van der Waals surface area contributed by atoms with Crippen molar-refractivity contribution in [2.75, 3.05) is 7.05 Å². The lowest BCUT2D eigenvalue weighted by molar-refractivity contribution is -0.138. The number of nitrogens with zero attached hydrogens (tertiary/aromatic N) is 2. The minimum atomic E-state index is -1.27. The molecule has 0 saturated heterocycles. The number of carbonyl (C=O) groups is 1. The molecule has 1 amide bonds. The molecule has 8 heteroatoms. The fourth-order valence-electron chi connectivity index (χ4n) is 4.97. The van der Waals surface area contributed by atoms with Gasteiger partial charge in [0.05, 0.1) is 6.10 Å². The number of hydrogen-bond donors (Lipinski definition) is 2. The van der Waals surface area contributed by atoms with Gasteiger partial charge in [0, 0.05) is 23.6 Å². The molecule has 30 heavy (non-hydrogen) atoms. The Hall–Kier alpha value is -2.64. The van der Waals surface area contributed by atoms with Gasteiger partial charge in [0.1, 0.15) is 17.7 Å². The standard InChI is InChI=1S/C22H21ClFN3O3/c1-27-20(29)22(26-21(27)25)16-8-11(12-6-13(23)9-14(24)7-12)2-4-18(16)30-19-5-3-15(28)10-17(19)22/h2,4,6-9,15,17,19,28H,3,5,10H2,1H3,(H2,25,26). The summed E-state index contributed by atoms with van der Waals surface area (Å²) in [5, 5.41) is 10.6. The van der Waals surface area contributed by atoms with E-state index < -0.39 is 17.5 Å². The zero-order valence-corrected chi connectivity index (χ0v) is 17.1. The molecule has 0 radical (unpaired) electrons. The number of hydrogen-bond acceptors (Lipinski definition) is 5. The fourth-order valence-corrected chi connectivity index (χ4v) is 5.20.